The van der Waals surface area contributed by atoms with E-state index in [0.29, 0.717) is 53.0 Å². The van der Waals surface area contributed by atoms with E-state index >= 15 is 0 Å². The van der Waals surface area contributed by atoms with Crippen LogP contribution in [-0.4, -0.2) is 44.6 Å². The lowest BCUT2D eigenvalue weighted by Crippen LogP contribution is -2.43. The zero-order valence-corrected chi connectivity index (χ0v) is 20.4. The summed E-state index contributed by atoms with van der Waals surface area (Å²) >= 11 is 6.14. The first kappa shape index (κ1) is 24.3. The van der Waals surface area contributed by atoms with Crippen molar-refractivity contribution in [3.8, 4) is 0 Å². The van der Waals surface area contributed by atoms with Crippen molar-refractivity contribution in [3.05, 3.63) is 64.7 Å². The quantitative estimate of drug-likeness (QED) is 0.391. The molecular formula is C25H24ClF3N6O. The number of pyridine rings is 1. The van der Waals surface area contributed by atoms with Gasteiger partial charge in [-0.15, -0.1) is 0 Å². The Morgan fingerprint density at radius 1 is 1.17 bits per heavy atom. The number of carbonyl (C=O) groups excluding carboxylic acids is 1. The molecule has 4 aromatic rings. The molecule has 5 rings (SSSR count). The SMILES string of the molecule is Cc1cc2ncc(C(=O)N[C@H]3CC[C@@H](N(C)c4cc(C(F)(F)F)nc5ccc(Cl)cc45)CC3)cn2n1. The molecule has 0 spiro atoms. The molecule has 1 aliphatic rings. The Balaban J connectivity index is 1.29. The highest BCUT2D eigenvalue weighted by molar-refractivity contribution is 6.31. The topological polar surface area (TPSA) is 75.4 Å². The lowest BCUT2D eigenvalue weighted by atomic mass is 9.89. The molecule has 1 fully saturated rings. The fourth-order valence-corrected chi connectivity index (χ4v) is 4.97. The number of rotatable bonds is 4. The Morgan fingerprint density at radius 3 is 2.64 bits per heavy atom. The van der Waals surface area contributed by atoms with Gasteiger partial charge in [-0.1, -0.05) is 11.6 Å². The van der Waals surface area contributed by atoms with E-state index in [1.165, 1.54) is 18.3 Å². The van der Waals surface area contributed by atoms with Crippen molar-refractivity contribution < 1.29 is 18.0 Å². The minimum atomic E-state index is -4.56. The van der Waals surface area contributed by atoms with Crippen LogP contribution in [0.1, 0.15) is 47.4 Å². The summed E-state index contributed by atoms with van der Waals surface area (Å²) in [7, 11) is 1.80. The number of nitrogens with one attached hydrogen (secondary N) is 1. The molecule has 188 valence electrons. The highest BCUT2D eigenvalue weighted by atomic mass is 35.5. The van der Waals surface area contributed by atoms with Crippen LogP contribution in [0.2, 0.25) is 5.02 Å². The first-order valence-electron chi connectivity index (χ1n) is 11.6. The number of aromatic nitrogens is 4. The van der Waals surface area contributed by atoms with Crippen LogP contribution in [0, 0.1) is 6.92 Å². The molecule has 1 aromatic carbocycles. The maximum Gasteiger partial charge on any atom is 0.433 e. The van der Waals surface area contributed by atoms with Crippen LogP contribution in [0.15, 0.2) is 42.7 Å². The van der Waals surface area contributed by atoms with Crippen molar-refractivity contribution in [1.29, 1.82) is 0 Å². The number of aryl methyl sites for hydroxylation is 1. The molecule has 11 heteroatoms. The monoisotopic (exact) mass is 516 g/mol. The lowest BCUT2D eigenvalue weighted by molar-refractivity contribution is -0.140. The molecule has 0 radical (unpaired) electrons. The number of anilines is 1. The summed E-state index contributed by atoms with van der Waals surface area (Å²) in [5.74, 6) is -0.223. The predicted molar refractivity (Wildman–Crippen MR) is 131 cm³/mol. The third-order valence-corrected chi connectivity index (χ3v) is 6.93. The normalized spacial score (nSPS) is 18.5. The second-order valence-corrected chi connectivity index (χ2v) is 9.64. The van der Waals surface area contributed by atoms with Crippen LogP contribution in [0.4, 0.5) is 18.9 Å². The molecular weight excluding hydrogens is 493 g/mol. The lowest BCUT2D eigenvalue weighted by Gasteiger charge is -2.37. The van der Waals surface area contributed by atoms with Crippen molar-refractivity contribution in [2.75, 3.05) is 11.9 Å². The maximum atomic E-state index is 13.5. The van der Waals surface area contributed by atoms with Crippen molar-refractivity contribution >= 4 is 39.7 Å². The van der Waals surface area contributed by atoms with Gasteiger partial charge in [0.15, 0.2) is 5.65 Å². The minimum Gasteiger partial charge on any atom is -0.371 e. The Kier molecular flexibility index (Phi) is 6.23. The van der Waals surface area contributed by atoms with Crippen molar-refractivity contribution in [1.82, 2.24) is 24.9 Å². The highest BCUT2D eigenvalue weighted by Gasteiger charge is 2.35. The van der Waals surface area contributed by atoms with Gasteiger partial charge in [-0.3, -0.25) is 4.79 Å². The Bertz CT molecular complexity index is 1450. The summed E-state index contributed by atoms with van der Waals surface area (Å²) in [5, 5.41) is 8.36. The fourth-order valence-electron chi connectivity index (χ4n) is 4.80. The minimum absolute atomic E-state index is 0.00823. The van der Waals surface area contributed by atoms with Crippen LogP contribution in [0.5, 0.6) is 0 Å². The van der Waals surface area contributed by atoms with Gasteiger partial charge in [0.2, 0.25) is 0 Å². The molecule has 0 atom stereocenters. The fraction of sp³-hybridized carbons (Fsp3) is 0.360. The summed E-state index contributed by atoms with van der Waals surface area (Å²) in [6.45, 7) is 1.86. The summed E-state index contributed by atoms with van der Waals surface area (Å²) in [6, 6.07) is 7.58. The standard InChI is InChI=1S/C25H24ClF3N6O/c1-14-9-23-30-12-15(13-35(23)33-14)24(36)31-17-4-6-18(7-5-17)34(2)21-11-22(25(27,28)29)32-20-8-3-16(26)10-19(20)21/h3,8-13,17-18H,4-7H2,1-2H3,(H,31,36)/t17-,18+. The molecule has 1 N–H and O–H groups in total. The zero-order valence-electron chi connectivity index (χ0n) is 19.7. The van der Waals surface area contributed by atoms with E-state index in [2.05, 4.69) is 20.4 Å². The van der Waals surface area contributed by atoms with Crippen LogP contribution in [0.25, 0.3) is 16.6 Å². The molecule has 0 bridgehead atoms. The first-order chi connectivity index (χ1) is 17.1. The molecule has 1 amide bonds. The maximum absolute atomic E-state index is 13.5. The molecule has 7 nitrogen and oxygen atoms in total. The third kappa shape index (κ3) is 4.82. The van der Waals surface area contributed by atoms with E-state index in [9.17, 15) is 18.0 Å². The molecule has 0 saturated heterocycles. The summed E-state index contributed by atoms with van der Waals surface area (Å²) in [5.41, 5.74) is 1.66. The molecule has 1 aliphatic carbocycles. The second kappa shape index (κ2) is 9.24. The number of nitrogens with zero attached hydrogens (tertiary/aromatic N) is 5. The zero-order chi connectivity index (χ0) is 25.6. The number of halogens is 4. The number of benzene rings is 1. The molecule has 36 heavy (non-hydrogen) atoms. The van der Waals surface area contributed by atoms with Crippen molar-refractivity contribution in [2.45, 2.75) is 50.9 Å². The molecule has 3 heterocycles. The molecule has 1 saturated carbocycles. The van der Waals surface area contributed by atoms with Crippen LogP contribution in [-0.2, 0) is 6.18 Å². The van der Waals surface area contributed by atoms with E-state index in [1.807, 2.05) is 17.9 Å². The number of fused-ring (bicyclic) bond motifs is 2. The van der Waals surface area contributed by atoms with Crippen LogP contribution >= 0.6 is 11.6 Å². The van der Waals surface area contributed by atoms with E-state index in [4.69, 9.17) is 11.6 Å². The van der Waals surface area contributed by atoms with Crippen LogP contribution < -0.4 is 10.2 Å². The van der Waals surface area contributed by atoms with Gasteiger partial charge in [-0.2, -0.15) is 18.3 Å². The van der Waals surface area contributed by atoms with Crippen molar-refractivity contribution in [2.24, 2.45) is 0 Å². The van der Waals surface area contributed by atoms with E-state index in [1.54, 1.807) is 23.8 Å². The van der Waals surface area contributed by atoms with Gasteiger partial charge in [0.25, 0.3) is 5.91 Å². The molecule has 3 aromatic heterocycles. The first-order valence-corrected chi connectivity index (χ1v) is 12.0. The van der Waals surface area contributed by atoms with Crippen molar-refractivity contribution in [3.63, 3.8) is 0 Å². The smallest absolute Gasteiger partial charge is 0.371 e. The highest BCUT2D eigenvalue weighted by Crippen LogP contribution is 2.37. The van der Waals surface area contributed by atoms with Crippen LogP contribution in [0.3, 0.4) is 0 Å². The molecule has 0 aliphatic heterocycles. The summed E-state index contributed by atoms with van der Waals surface area (Å²) in [4.78, 5) is 22.7. The number of hydrogen-bond acceptors (Lipinski definition) is 5. The van der Waals surface area contributed by atoms with Gasteiger partial charge in [0.1, 0.15) is 5.69 Å². The van der Waals surface area contributed by atoms with Gasteiger partial charge >= 0.3 is 6.18 Å². The summed E-state index contributed by atoms with van der Waals surface area (Å²) in [6.07, 6.45) is 1.45. The van der Waals surface area contributed by atoms with E-state index < -0.39 is 11.9 Å². The summed E-state index contributed by atoms with van der Waals surface area (Å²) < 4.78 is 42.2. The average Bonchev–Trinajstić information content (AvgIpc) is 3.22. The van der Waals surface area contributed by atoms with Gasteiger partial charge in [-0.25, -0.2) is 14.5 Å². The number of amides is 1. The Hall–Kier alpha value is -3.40. The second-order valence-electron chi connectivity index (χ2n) is 9.21. The van der Waals surface area contributed by atoms with E-state index in [-0.39, 0.29) is 23.5 Å². The number of carbonyl (C=O) groups is 1. The van der Waals surface area contributed by atoms with E-state index in [0.717, 1.165) is 11.8 Å². The van der Waals surface area contributed by atoms with Gasteiger partial charge in [0, 0.05) is 53.7 Å². The van der Waals surface area contributed by atoms with Gasteiger partial charge in [0.05, 0.1) is 16.8 Å². The Morgan fingerprint density at radius 2 is 1.92 bits per heavy atom. The van der Waals surface area contributed by atoms with Gasteiger partial charge < -0.3 is 10.2 Å². The third-order valence-electron chi connectivity index (χ3n) is 6.70. The predicted octanol–water partition coefficient (Wildman–Crippen LogP) is 5.44. The average molecular weight is 517 g/mol. The number of hydrogen-bond donors (Lipinski definition) is 1. The van der Waals surface area contributed by atoms with Gasteiger partial charge in [-0.05, 0) is 56.9 Å². The largest absolute Gasteiger partial charge is 0.433 e. The Labute approximate surface area is 210 Å². The number of alkyl halides is 3. The molecule has 0 unspecified atom stereocenters.